The van der Waals surface area contributed by atoms with Gasteiger partial charge in [0.15, 0.2) is 0 Å². The highest BCUT2D eigenvalue weighted by Crippen LogP contribution is 2.08. The van der Waals surface area contributed by atoms with Crippen molar-refractivity contribution in [2.24, 2.45) is 0 Å². The van der Waals surface area contributed by atoms with Crippen LogP contribution in [0.25, 0.3) is 0 Å². The van der Waals surface area contributed by atoms with E-state index in [1.165, 1.54) is 0 Å². The molecule has 2 rings (SSSR count). The van der Waals surface area contributed by atoms with Gasteiger partial charge in [-0.25, -0.2) is 9.78 Å². The van der Waals surface area contributed by atoms with Crippen LogP contribution in [0.3, 0.4) is 0 Å². The third-order valence-corrected chi connectivity index (χ3v) is 3.15. The largest absolute Gasteiger partial charge is 0.391 e. The highest BCUT2D eigenvalue weighted by atomic mass is 16.3. The minimum absolute atomic E-state index is 0.186. The number of aromatic nitrogens is 1. The van der Waals surface area contributed by atoms with Gasteiger partial charge in [-0.3, -0.25) is 5.32 Å². The quantitative estimate of drug-likeness (QED) is 0.794. The maximum absolute atomic E-state index is 11.8. The Morgan fingerprint density at radius 1 is 1.23 bits per heavy atom. The standard InChI is InChI=1S/C17H21N3O2/c1-12-8-13(2)19-16(9-12)20-17(22)18-11-15(21)10-14-6-4-3-5-7-14/h3-9,15,21H,10-11H2,1-2H3,(H2,18,19,20,22). The summed E-state index contributed by atoms with van der Waals surface area (Å²) in [5, 5.41) is 15.3. The predicted molar refractivity (Wildman–Crippen MR) is 86.9 cm³/mol. The second-order valence-corrected chi connectivity index (χ2v) is 5.35. The van der Waals surface area contributed by atoms with Crippen molar-refractivity contribution in [1.82, 2.24) is 10.3 Å². The number of hydrogen-bond acceptors (Lipinski definition) is 3. The van der Waals surface area contributed by atoms with Gasteiger partial charge >= 0.3 is 6.03 Å². The second-order valence-electron chi connectivity index (χ2n) is 5.35. The maximum Gasteiger partial charge on any atom is 0.320 e. The first-order valence-corrected chi connectivity index (χ1v) is 7.25. The zero-order valence-corrected chi connectivity index (χ0v) is 12.8. The van der Waals surface area contributed by atoms with E-state index in [1.54, 1.807) is 6.07 Å². The molecule has 0 bridgehead atoms. The molecule has 2 amide bonds. The fraction of sp³-hybridized carbons (Fsp3) is 0.294. The Balaban J connectivity index is 1.80. The van der Waals surface area contributed by atoms with Gasteiger partial charge in [0.25, 0.3) is 0 Å². The number of pyridine rings is 1. The molecule has 0 spiro atoms. The summed E-state index contributed by atoms with van der Waals surface area (Å²) in [5.41, 5.74) is 2.92. The maximum atomic E-state index is 11.8. The Labute approximate surface area is 130 Å². The molecule has 22 heavy (non-hydrogen) atoms. The molecular weight excluding hydrogens is 278 g/mol. The fourth-order valence-corrected chi connectivity index (χ4v) is 2.23. The fourth-order valence-electron chi connectivity index (χ4n) is 2.23. The molecule has 5 heteroatoms. The van der Waals surface area contributed by atoms with Gasteiger partial charge in [0.2, 0.25) is 0 Å². The van der Waals surface area contributed by atoms with E-state index in [2.05, 4.69) is 15.6 Å². The lowest BCUT2D eigenvalue weighted by Gasteiger charge is -2.13. The number of benzene rings is 1. The third kappa shape index (κ3) is 5.18. The molecule has 0 saturated heterocycles. The van der Waals surface area contributed by atoms with E-state index in [4.69, 9.17) is 0 Å². The minimum atomic E-state index is -0.625. The predicted octanol–water partition coefficient (Wildman–Crippen LogP) is 2.42. The van der Waals surface area contributed by atoms with Crippen LogP contribution in [0.2, 0.25) is 0 Å². The van der Waals surface area contributed by atoms with E-state index in [0.717, 1.165) is 16.8 Å². The highest BCUT2D eigenvalue weighted by Gasteiger charge is 2.09. The molecule has 116 valence electrons. The summed E-state index contributed by atoms with van der Waals surface area (Å²) in [5.74, 6) is 0.507. The van der Waals surface area contributed by atoms with Crippen LogP contribution in [0, 0.1) is 13.8 Å². The summed E-state index contributed by atoms with van der Waals surface area (Å²) >= 11 is 0. The lowest BCUT2D eigenvalue weighted by molar-refractivity contribution is 0.172. The van der Waals surface area contributed by atoms with Crippen molar-refractivity contribution in [3.63, 3.8) is 0 Å². The zero-order chi connectivity index (χ0) is 15.9. The molecule has 5 nitrogen and oxygen atoms in total. The SMILES string of the molecule is Cc1cc(C)nc(NC(=O)NCC(O)Cc2ccccc2)c1. The monoisotopic (exact) mass is 299 g/mol. The molecule has 2 aromatic rings. The number of nitrogens with zero attached hydrogens (tertiary/aromatic N) is 1. The molecule has 3 N–H and O–H groups in total. The van der Waals surface area contributed by atoms with Crippen molar-refractivity contribution >= 4 is 11.8 Å². The van der Waals surface area contributed by atoms with Crippen molar-refractivity contribution in [2.45, 2.75) is 26.4 Å². The number of anilines is 1. The number of amides is 2. The Morgan fingerprint density at radius 3 is 2.64 bits per heavy atom. The van der Waals surface area contributed by atoms with Crippen LogP contribution in [-0.4, -0.2) is 28.8 Å². The number of carbonyl (C=O) groups excluding carboxylic acids is 1. The Kier molecular flexibility index (Phi) is 5.49. The molecule has 0 aliphatic heterocycles. The lowest BCUT2D eigenvalue weighted by Crippen LogP contribution is -2.36. The van der Waals surface area contributed by atoms with Gasteiger partial charge < -0.3 is 10.4 Å². The Hall–Kier alpha value is -2.40. The molecule has 1 atom stereocenters. The van der Waals surface area contributed by atoms with Crippen molar-refractivity contribution < 1.29 is 9.90 Å². The third-order valence-electron chi connectivity index (χ3n) is 3.15. The number of hydrogen-bond donors (Lipinski definition) is 3. The van der Waals surface area contributed by atoms with Gasteiger partial charge in [0.1, 0.15) is 5.82 Å². The second kappa shape index (κ2) is 7.56. The normalized spacial score (nSPS) is 11.8. The number of carbonyl (C=O) groups is 1. The first-order chi connectivity index (χ1) is 10.5. The smallest absolute Gasteiger partial charge is 0.320 e. The zero-order valence-electron chi connectivity index (χ0n) is 12.8. The van der Waals surface area contributed by atoms with E-state index in [0.29, 0.717) is 12.2 Å². The van der Waals surface area contributed by atoms with Crippen LogP contribution >= 0.6 is 0 Å². The van der Waals surface area contributed by atoms with Gasteiger partial charge in [-0.15, -0.1) is 0 Å². The molecule has 0 radical (unpaired) electrons. The van der Waals surface area contributed by atoms with Gasteiger partial charge in [-0.2, -0.15) is 0 Å². The number of aryl methyl sites for hydroxylation is 2. The molecule has 1 aromatic heterocycles. The number of aliphatic hydroxyl groups excluding tert-OH is 1. The number of rotatable bonds is 5. The Morgan fingerprint density at radius 2 is 1.95 bits per heavy atom. The summed E-state index contributed by atoms with van der Waals surface area (Å²) in [6.07, 6.45) is -0.122. The van der Waals surface area contributed by atoms with Gasteiger partial charge in [-0.1, -0.05) is 30.3 Å². The summed E-state index contributed by atoms with van der Waals surface area (Å²) in [7, 11) is 0. The van der Waals surface area contributed by atoms with E-state index < -0.39 is 6.10 Å². The van der Waals surface area contributed by atoms with Crippen LogP contribution in [-0.2, 0) is 6.42 Å². The molecular formula is C17H21N3O2. The Bertz CT molecular complexity index is 609. The van der Waals surface area contributed by atoms with Crippen LogP contribution in [0.1, 0.15) is 16.8 Å². The molecule has 1 unspecified atom stereocenters. The first kappa shape index (κ1) is 16.0. The summed E-state index contributed by atoms with van der Waals surface area (Å²) in [6, 6.07) is 13.0. The van der Waals surface area contributed by atoms with E-state index in [1.807, 2.05) is 50.2 Å². The molecule has 1 heterocycles. The van der Waals surface area contributed by atoms with E-state index >= 15 is 0 Å². The number of aliphatic hydroxyl groups is 1. The minimum Gasteiger partial charge on any atom is -0.391 e. The van der Waals surface area contributed by atoms with Crippen LogP contribution in [0.4, 0.5) is 10.6 Å². The molecule has 0 saturated carbocycles. The van der Waals surface area contributed by atoms with Gasteiger partial charge in [-0.05, 0) is 37.1 Å². The molecule has 0 aliphatic rings. The van der Waals surface area contributed by atoms with Gasteiger partial charge in [0, 0.05) is 18.7 Å². The average molecular weight is 299 g/mol. The summed E-state index contributed by atoms with van der Waals surface area (Å²) in [6.45, 7) is 4.01. The van der Waals surface area contributed by atoms with Crippen molar-refractivity contribution in [2.75, 3.05) is 11.9 Å². The summed E-state index contributed by atoms with van der Waals surface area (Å²) < 4.78 is 0. The van der Waals surface area contributed by atoms with Crippen LogP contribution in [0.5, 0.6) is 0 Å². The highest BCUT2D eigenvalue weighted by molar-refractivity contribution is 5.88. The van der Waals surface area contributed by atoms with Crippen molar-refractivity contribution in [3.8, 4) is 0 Å². The van der Waals surface area contributed by atoms with E-state index in [-0.39, 0.29) is 12.6 Å². The van der Waals surface area contributed by atoms with Crippen molar-refractivity contribution in [1.29, 1.82) is 0 Å². The topological polar surface area (TPSA) is 74.2 Å². The van der Waals surface area contributed by atoms with Crippen molar-refractivity contribution in [3.05, 3.63) is 59.3 Å². The lowest BCUT2D eigenvalue weighted by atomic mass is 10.1. The van der Waals surface area contributed by atoms with Gasteiger partial charge in [0.05, 0.1) is 6.10 Å². The van der Waals surface area contributed by atoms with Crippen LogP contribution < -0.4 is 10.6 Å². The first-order valence-electron chi connectivity index (χ1n) is 7.25. The number of urea groups is 1. The average Bonchev–Trinajstić information content (AvgIpc) is 2.45. The molecule has 1 aromatic carbocycles. The van der Waals surface area contributed by atoms with E-state index in [9.17, 15) is 9.90 Å². The molecule has 0 aliphatic carbocycles. The van der Waals surface area contributed by atoms with Crippen LogP contribution in [0.15, 0.2) is 42.5 Å². The summed E-state index contributed by atoms with van der Waals surface area (Å²) in [4.78, 5) is 16.1. The molecule has 0 fully saturated rings. The number of nitrogens with one attached hydrogen (secondary N) is 2.